The molecule has 0 fully saturated rings. The maximum Gasteiger partial charge on any atom is 0.278 e. The molecule has 0 aliphatic carbocycles. The molecule has 9 nitrogen and oxygen atoms in total. The van der Waals surface area contributed by atoms with Gasteiger partial charge >= 0.3 is 0 Å². The molecule has 2 aromatic carbocycles. The number of hydrogen-bond acceptors (Lipinski definition) is 8. The molecule has 1 atom stereocenters. The van der Waals surface area contributed by atoms with Crippen molar-refractivity contribution in [2.45, 2.75) is 12.6 Å². The molecule has 0 spiro atoms. The van der Waals surface area contributed by atoms with E-state index in [0.29, 0.717) is 23.4 Å². The van der Waals surface area contributed by atoms with Gasteiger partial charge in [-0.2, -0.15) is 8.75 Å². The molecule has 3 aromatic rings. The lowest BCUT2D eigenvalue weighted by molar-refractivity contribution is -0.384. The Morgan fingerprint density at radius 3 is 2.66 bits per heavy atom. The number of carbonyl (C=O) groups is 2. The van der Waals surface area contributed by atoms with Gasteiger partial charge in [0.1, 0.15) is 12.3 Å². The largest absolute Gasteiger partial charge is 0.326 e. The molecule has 146 valence electrons. The zero-order chi connectivity index (χ0) is 20.5. The highest BCUT2D eigenvalue weighted by molar-refractivity contribution is 6.99. The van der Waals surface area contributed by atoms with Crippen molar-refractivity contribution in [1.82, 2.24) is 13.6 Å². The summed E-state index contributed by atoms with van der Waals surface area (Å²) in [6.45, 7) is 0.145. The average molecular weight is 409 g/mol. The molecule has 1 aromatic heterocycles. The van der Waals surface area contributed by atoms with Gasteiger partial charge in [-0.1, -0.05) is 30.3 Å². The zero-order valence-corrected chi connectivity index (χ0v) is 16.1. The summed E-state index contributed by atoms with van der Waals surface area (Å²) in [4.78, 5) is 39.3. The molecule has 0 N–H and O–H groups in total. The van der Waals surface area contributed by atoms with Crippen molar-refractivity contribution in [2.24, 2.45) is 0 Å². The number of rotatable bonds is 4. The van der Waals surface area contributed by atoms with Crippen LogP contribution in [0.3, 0.4) is 0 Å². The Labute approximate surface area is 169 Å². The lowest BCUT2D eigenvalue weighted by atomic mass is 9.99. The van der Waals surface area contributed by atoms with Gasteiger partial charge in [-0.05, 0) is 11.6 Å². The number of aromatic nitrogens is 2. The summed E-state index contributed by atoms with van der Waals surface area (Å²) in [6.07, 6.45) is 0.627. The van der Waals surface area contributed by atoms with Crippen LogP contribution in [0.1, 0.15) is 27.7 Å². The van der Waals surface area contributed by atoms with E-state index in [1.165, 1.54) is 17.0 Å². The predicted octanol–water partition coefficient (Wildman–Crippen LogP) is 3.11. The van der Waals surface area contributed by atoms with E-state index in [0.717, 1.165) is 17.3 Å². The molecule has 1 aliphatic heterocycles. The SMILES string of the molecule is CN1c2ccc([N+](=O)[O-])cc2C(C=O)N(Cc2ccccc2)C(=O)c2nsnc21. The summed E-state index contributed by atoms with van der Waals surface area (Å²) in [5.41, 5.74) is 1.71. The minimum absolute atomic E-state index is 0.143. The highest BCUT2D eigenvalue weighted by Crippen LogP contribution is 2.39. The first-order chi connectivity index (χ1) is 14.0. The molecular weight excluding hydrogens is 394 g/mol. The lowest BCUT2D eigenvalue weighted by Gasteiger charge is -2.33. The van der Waals surface area contributed by atoms with Gasteiger partial charge in [0.25, 0.3) is 11.6 Å². The molecule has 1 amide bonds. The van der Waals surface area contributed by atoms with E-state index in [1.807, 2.05) is 30.3 Å². The van der Waals surface area contributed by atoms with E-state index < -0.39 is 16.9 Å². The Hall–Kier alpha value is -3.66. The second-order valence-corrected chi connectivity index (χ2v) is 7.02. The maximum atomic E-state index is 13.3. The van der Waals surface area contributed by atoms with Gasteiger partial charge in [0.2, 0.25) is 0 Å². The van der Waals surface area contributed by atoms with E-state index in [2.05, 4.69) is 8.75 Å². The number of fused-ring (bicyclic) bond motifs is 2. The number of nitro groups is 1. The number of amides is 1. The van der Waals surface area contributed by atoms with E-state index in [4.69, 9.17) is 0 Å². The normalized spacial score (nSPS) is 15.9. The van der Waals surface area contributed by atoms with E-state index in [1.54, 1.807) is 18.0 Å². The maximum absolute atomic E-state index is 13.3. The molecule has 0 bridgehead atoms. The van der Waals surface area contributed by atoms with Crippen molar-refractivity contribution >= 4 is 41.1 Å². The molecule has 0 radical (unpaired) electrons. The second kappa shape index (κ2) is 7.40. The van der Waals surface area contributed by atoms with Crippen LogP contribution >= 0.6 is 11.7 Å². The summed E-state index contributed by atoms with van der Waals surface area (Å²) in [5, 5.41) is 11.3. The van der Waals surface area contributed by atoms with Crippen LogP contribution in [-0.2, 0) is 11.3 Å². The third kappa shape index (κ3) is 3.23. The summed E-state index contributed by atoms with van der Waals surface area (Å²) in [7, 11) is 1.69. The predicted molar refractivity (Wildman–Crippen MR) is 106 cm³/mol. The third-order valence-electron chi connectivity index (χ3n) is 4.81. The van der Waals surface area contributed by atoms with Crippen LogP contribution in [0.5, 0.6) is 0 Å². The van der Waals surface area contributed by atoms with Crippen LogP contribution in [0, 0.1) is 10.1 Å². The monoisotopic (exact) mass is 409 g/mol. The quantitative estimate of drug-likeness (QED) is 0.370. The topological polar surface area (TPSA) is 110 Å². The van der Waals surface area contributed by atoms with E-state index in [9.17, 15) is 19.7 Å². The Bertz CT molecular complexity index is 1100. The summed E-state index contributed by atoms with van der Waals surface area (Å²) >= 11 is 0.896. The Morgan fingerprint density at radius 1 is 1.21 bits per heavy atom. The first-order valence-corrected chi connectivity index (χ1v) is 9.39. The number of nitrogens with zero attached hydrogens (tertiary/aromatic N) is 5. The average Bonchev–Trinajstić information content (AvgIpc) is 3.22. The van der Waals surface area contributed by atoms with E-state index in [-0.39, 0.29) is 17.9 Å². The van der Waals surface area contributed by atoms with Crippen LogP contribution in [0.25, 0.3) is 0 Å². The highest BCUT2D eigenvalue weighted by Gasteiger charge is 2.36. The van der Waals surface area contributed by atoms with Crippen molar-refractivity contribution in [1.29, 1.82) is 0 Å². The summed E-state index contributed by atoms with van der Waals surface area (Å²) in [5.74, 6) is -0.115. The fourth-order valence-corrected chi connectivity index (χ4v) is 3.95. The van der Waals surface area contributed by atoms with Crippen molar-refractivity contribution in [3.05, 3.63) is 75.5 Å². The minimum atomic E-state index is -1.02. The summed E-state index contributed by atoms with van der Waals surface area (Å²) in [6, 6.07) is 12.4. The number of aldehydes is 1. The standard InChI is InChI=1S/C19H15N5O4S/c1-22-15-8-7-13(24(27)28)9-14(15)16(11-25)23(10-12-5-3-2-4-6-12)19(26)17-18(22)21-29-20-17/h2-9,11,16H,10H2,1H3. The summed E-state index contributed by atoms with van der Waals surface area (Å²) < 4.78 is 8.37. The second-order valence-electron chi connectivity index (χ2n) is 6.50. The van der Waals surface area contributed by atoms with Gasteiger partial charge in [0.05, 0.1) is 16.7 Å². The first kappa shape index (κ1) is 18.7. The fourth-order valence-electron chi connectivity index (χ4n) is 3.38. The number of nitro benzene ring substituents is 1. The van der Waals surface area contributed by atoms with Gasteiger partial charge in [-0.15, -0.1) is 0 Å². The van der Waals surface area contributed by atoms with Crippen LogP contribution in [-0.4, -0.2) is 37.8 Å². The van der Waals surface area contributed by atoms with Gasteiger partial charge in [0, 0.05) is 37.0 Å². The smallest absolute Gasteiger partial charge is 0.278 e. The molecule has 1 aliphatic rings. The highest BCUT2D eigenvalue weighted by atomic mass is 32.1. The third-order valence-corrected chi connectivity index (χ3v) is 5.33. The van der Waals surface area contributed by atoms with Crippen LogP contribution in [0.15, 0.2) is 48.5 Å². The fraction of sp³-hybridized carbons (Fsp3) is 0.158. The molecule has 0 saturated heterocycles. The number of hydrogen-bond donors (Lipinski definition) is 0. The number of anilines is 2. The lowest BCUT2D eigenvalue weighted by Crippen LogP contribution is -2.38. The van der Waals surface area contributed by atoms with E-state index >= 15 is 0 Å². The van der Waals surface area contributed by atoms with Gasteiger partial charge < -0.3 is 14.6 Å². The van der Waals surface area contributed by atoms with Crippen LogP contribution in [0.2, 0.25) is 0 Å². The van der Waals surface area contributed by atoms with Gasteiger partial charge in [-0.25, -0.2) is 0 Å². The molecule has 10 heteroatoms. The Balaban J connectivity index is 1.93. The molecule has 29 heavy (non-hydrogen) atoms. The molecule has 2 heterocycles. The van der Waals surface area contributed by atoms with Crippen LogP contribution in [0.4, 0.5) is 17.2 Å². The van der Waals surface area contributed by atoms with Gasteiger partial charge in [-0.3, -0.25) is 14.9 Å². The Morgan fingerprint density at radius 2 is 1.97 bits per heavy atom. The number of carbonyl (C=O) groups excluding carboxylic acids is 2. The zero-order valence-electron chi connectivity index (χ0n) is 15.3. The van der Waals surface area contributed by atoms with Crippen LogP contribution < -0.4 is 4.90 Å². The minimum Gasteiger partial charge on any atom is -0.326 e. The van der Waals surface area contributed by atoms with Crippen molar-refractivity contribution < 1.29 is 14.5 Å². The molecule has 0 saturated carbocycles. The van der Waals surface area contributed by atoms with Crippen molar-refractivity contribution in [2.75, 3.05) is 11.9 Å². The number of non-ortho nitro benzene ring substituents is 1. The molecular formula is C19H15N5O4S. The Kier molecular flexibility index (Phi) is 4.77. The first-order valence-electron chi connectivity index (χ1n) is 8.66. The van der Waals surface area contributed by atoms with Gasteiger partial charge in [0.15, 0.2) is 11.5 Å². The van der Waals surface area contributed by atoms with Crippen molar-refractivity contribution in [3.8, 4) is 0 Å². The van der Waals surface area contributed by atoms with Crippen molar-refractivity contribution in [3.63, 3.8) is 0 Å². The molecule has 4 rings (SSSR count). The molecule has 1 unspecified atom stereocenters. The number of benzene rings is 2.